The lowest BCUT2D eigenvalue weighted by Gasteiger charge is -2.42. The van der Waals surface area contributed by atoms with Crippen molar-refractivity contribution in [1.82, 2.24) is 13.7 Å². The van der Waals surface area contributed by atoms with Gasteiger partial charge in [0.05, 0.1) is 35.6 Å². The van der Waals surface area contributed by atoms with Gasteiger partial charge in [0.1, 0.15) is 17.0 Å². The maximum atomic E-state index is 14.9. The van der Waals surface area contributed by atoms with Gasteiger partial charge in [-0.15, -0.1) is 0 Å². The van der Waals surface area contributed by atoms with Crippen LogP contribution in [0.2, 0.25) is 0 Å². The number of rotatable bonds is 7. The molecular weight excluding hydrogens is 630 g/mol. The van der Waals surface area contributed by atoms with Gasteiger partial charge in [-0.25, -0.2) is 9.18 Å². The number of aryl methyl sites for hydroxylation is 1. The molecule has 3 heterocycles. The molecule has 2 aliphatic rings. The fraction of sp³-hybridized carbons (Fsp3) is 0.321. The highest BCUT2D eigenvalue weighted by atomic mass is 127. The van der Waals surface area contributed by atoms with Gasteiger partial charge >= 0.3 is 5.69 Å². The van der Waals surface area contributed by atoms with E-state index in [2.05, 4.69) is 10.6 Å². The average molecular weight is 658 g/mol. The summed E-state index contributed by atoms with van der Waals surface area (Å²) in [5, 5.41) is 6.53. The summed E-state index contributed by atoms with van der Waals surface area (Å²) in [6.45, 7) is 2.88. The van der Waals surface area contributed by atoms with E-state index in [9.17, 15) is 18.8 Å². The zero-order valence-corrected chi connectivity index (χ0v) is 24.1. The van der Waals surface area contributed by atoms with Crippen LogP contribution in [0.4, 0.5) is 21.6 Å². The Bertz CT molecular complexity index is 1850. The molecule has 4 aromatic rings. The van der Waals surface area contributed by atoms with Crippen LogP contribution in [0.15, 0.2) is 56.8 Å². The summed E-state index contributed by atoms with van der Waals surface area (Å²) in [7, 11) is 1.52. The Balaban J connectivity index is 1.64. The summed E-state index contributed by atoms with van der Waals surface area (Å²) in [6, 6.07) is 11.6. The smallest absolute Gasteiger partial charge is 0.336 e. The van der Waals surface area contributed by atoms with Crippen LogP contribution >= 0.6 is 22.6 Å². The summed E-state index contributed by atoms with van der Waals surface area (Å²) >= 11 is 2.01. The van der Waals surface area contributed by atoms with Crippen molar-refractivity contribution in [3.05, 3.63) is 88.6 Å². The summed E-state index contributed by atoms with van der Waals surface area (Å²) < 4.78 is 24.9. The van der Waals surface area contributed by atoms with Gasteiger partial charge in [-0.05, 0) is 78.8 Å². The normalized spacial score (nSPS) is 16.1. The third kappa shape index (κ3) is 4.34. The Morgan fingerprint density at radius 2 is 1.88 bits per heavy atom. The Hall–Kier alpha value is -3.49. The minimum absolute atomic E-state index is 0.108. The number of benzene rings is 2. The van der Waals surface area contributed by atoms with Crippen molar-refractivity contribution in [3.8, 4) is 5.69 Å². The molecule has 12 heteroatoms. The molecule has 0 spiro atoms. The number of ether oxygens (including phenoxy) is 1. The van der Waals surface area contributed by atoms with Crippen molar-refractivity contribution >= 4 is 50.7 Å². The average Bonchev–Trinajstić information content (AvgIpc) is 3.74. The van der Waals surface area contributed by atoms with Crippen molar-refractivity contribution < 1.29 is 9.13 Å². The van der Waals surface area contributed by atoms with Crippen molar-refractivity contribution in [3.63, 3.8) is 0 Å². The van der Waals surface area contributed by atoms with Crippen molar-refractivity contribution in [2.24, 2.45) is 12.8 Å². The van der Waals surface area contributed by atoms with Crippen LogP contribution in [-0.2, 0) is 11.8 Å². The minimum Gasteiger partial charge on any atom is -0.376 e. The quantitative estimate of drug-likeness (QED) is 0.261. The molecule has 0 radical (unpaired) electrons. The van der Waals surface area contributed by atoms with Crippen LogP contribution in [0.1, 0.15) is 24.4 Å². The molecule has 6 rings (SSSR count). The van der Waals surface area contributed by atoms with E-state index in [-0.39, 0.29) is 34.0 Å². The summed E-state index contributed by atoms with van der Waals surface area (Å²) in [5.74, 6) is -0.418. The second-order valence-electron chi connectivity index (χ2n) is 10.5. The Morgan fingerprint density at radius 3 is 2.50 bits per heavy atom. The molecule has 40 heavy (non-hydrogen) atoms. The number of anilines is 3. The molecule has 1 aliphatic heterocycles. The first-order valence-electron chi connectivity index (χ1n) is 12.9. The number of aromatic nitrogens is 3. The highest BCUT2D eigenvalue weighted by molar-refractivity contribution is 14.1. The van der Waals surface area contributed by atoms with E-state index in [4.69, 9.17) is 10.5 Å². The van der Waals surface area contributed by atoms with E-state index >= 15 is 0 Å². The topological polar surface area (TPSA) is 125 Å². The molecule has 0 atom stereocenters. The first-order chi connectivity index (χ1) is 19.1. The van der Waals surface area contributed by atoms with E-state index in [0.29, 0.717) is 41.9 Å². The van der Waals surface area contributed by atoms with Crippen LogP contribution in [0.5, 0.6) is 0 Å². The van der Waals surface area contributed by atoms with Gasteiger partial charge in [0, 0.05) is 34.5 Å². The number of pyridine rings is 1. The Kier molecular flexibility index (Phi) is 6.58. The molecule has 1 saturated carbocycles. The van der Waals surface area contributed by atoms with Crippen LogP contribution in [-0.4, -0.2) is 39.0 Å². The standard InChI is InChI=1S/C28H28FIN6O4/c1-15-23-22(24(34(2)25(15)37)32-21-9-6-16(30)10-20(21)29)26(38)36(18-7-8-18)27(39)35(23)19-5-3-4-17(11-19)33-28(12-31)13-40-14-28/h3-6,9-11,18,32-33H,7-8,12-14,31H2,1-2H3. The van der Waals surface area contributed by atoms with E-state index in [1.54, 1.807) is 37.3 Å². The van der Waals surface area contributed by atoms with E-state index in [1.807, 2.05) is 28.7 Å². The summed E-state index contributed by atoms with van der Waals surface area (Å²) in [5.41, 5.74) is 5.83. The maximum absolute atomic E-state index is 14.9. The Labute approximate surface area is 241 Å². The van der Waals surface area contributed by atoms with Gasteiger partial charge in [0.15, 0.2) is 0 Å². The molecule has 1 aliphatic carbocycles. The van der Waals surface area contributed by atoms with Gasteiger partial charge in [-0.3, -0.25) is 23.3 Å². The molecule has 0 amide bonds. The molecule has 2 aromatic heterocycles. The molecule has 2 fully saturated rings. The molecule has 1 saturated heterocycles. The molecular formula is C28H28FIN6O4. The molecule has 0 unspecified atom stereocenters. The highest BCUT2D eigenvalue weighted by Crippen LogP contribution is 2.34. The number of nitrogens with one attached hydrogen (secondary N) is 2. The SMILES string of the molecule is Cc1c(=O)n(C)c(Nc2ccc(I)cc2F)c2c(=O)n(C3CC3)c(=O)n(-c3cccc(NC4(CN)COC4)c3)c12. The van der Waals surface area contributed by atoms with Gasteiger partial charge in [-0.2, -0.15) is 0 Å². The predicted octanol–water partition coefficient (Wildman–Crippen LogP) is 3.12. The number of halogens is 2. The van der Waals surface area contributed by atoms with Gasteiger partial charge in [-0.1, -0.05) is 6.07 Å². The lowest BCUT2D eigenvalue weighted by molar-refractivity contribution is -0.0365. The highest BCUT2D eigenvalue weighted by Gasteiger charge is 2.37. The Morgan fingerprint density at radius 1 is 1.12 bits per heavy atom. The fourth-order valence-electron chi connectivity index (χ4n) is 5.19. The van der Waals surface area contributed by atoms with Crippen LogP contribution in [0, 0.1) is 16.3 Å². The predicted molar refractivity (Wildman–Crippen MR) is 161 cm³/mol. The van der Waals surface area contributed by atoms with Gasteiger partial charge < -0.3 is 21.1 Å². The fourth-order valence-corrected chi connectivity index (χ4v) is 5.65. The number of nitrogens with zero attached hydrogens (tertiary/aromatic N) is 3. The van der Waals surface area contributed by atoms with Crippen molar-refractivity contribution in [1.29, 1.82) is 0 Å². The van der Waals surface area contributed by atoms with Crippen LogP contribution in [0.25, 0.3) is 16.6 Å². The zero-order chi connectivity index (χ0) is 28.3. The lowest BCUT2D eigenvalue weighted by atomic mass is 9.97. The number of hydrogen-bond donors (Lipinski definition) is 3. The third-order valence-electron chi connectivity index (χ3n) is 7.60. The second kappa shape index (κ2) is 9.85. The van der Waals surface area contributed by atoms with Crippen LogP contribution in [0.3, 0.4) is 0 Å². The molecule has 4 N–H and O–H groups in total. The third-order valence-corrected chi connectivity index (χ3v) is 8.27. The largest absolute Gasteiger partial charge is 0.376 e. The first kappa shape index (κ1) is 26.7. The molecule has 0 bridgehead atoms. The number of fused-ring (bicyclic) bond motifs is 1. The van der Waals surface area contributed by atoms with E-state index in [1.165, 1.54) is 26.8 Å². The monoisotopic (exact) mass is 658 g/mol. The van der Waals surface area contributed by atoms with Crippen LogP contribution < -0.4 is 33.2 Å². The minimum atomic E-state index is -0.531. The van der Waals surface area contributed by atoms with Gasteiger partial charge in [0.2, 0.25) is 0 Å². The van der Waals surface area contributed by atoms with E-state index in [0.717, 1.165) is 5.69 Å². The summed E-state index contributed by atoms with van der Waals surface area (Å²) in [6.07, 6.45) is 1.39. The van der Waals surface area contributed by atoms with Crippen molar-refractivity contribution in [2.75, 3.05) is 30.4 Å². The summed E-state index contributed by atoms with van der Waals surface area (Å²) in [4.78, 5) is 41.4. The maximum Gasteiger partial charge on any atom is 0.336 e. The molecule has 10 nitrogen and oxygen atoms in total. The number of hydrogen-bond acceptors (Lipinski definition) is 7. The molecule has 2 aromatic carbocycles. The van der Waals surface area contributed by atoms with Crippen molar-refractivity contribution in [2.45, 2.75) is 31.3 Å². The lowest BCUT2D eigenvalue weighted by Crippen LogP contribution is -2.60. The molecule has 208 valence electrons. The zero-order valence-electron chi connectivity index (χ0n) is 22.0. The van der Waals surface area contributed by atoms with Gasteiger partial charge in [0.25, 0.3) is 11.1 Å². The number of nitrogens with two attached hydrogens (primary N) is 1. The second-order valence-corrected chi connectivity index (χ2v) is 11.7. The van der Waals surface area contributed by atoms with E-state index < -0.39 is 28.2 Å². The first-order valence-corrected chi connectivity index (χ1v) is 14.0.